The predicted octanol–water partition coefficient (Wildman–Crippen LogP) is 0.0214. The van der Waals surface area contributed by atoms with Crippen LogP contribution in [0.25, 0.3) is 0 Å². The van der Waals surface area contributed by atoms with Crippen LogP contribution in [0.3, 0.4) is 0 Å². The lowest BCUT2D eigenvalue weighted by Gasteiger charge is -2.32. The molecule has 7 nitrogen and oxygen atoms in total. The van der Waals surface area contributed by atoms with Crippen molar-refractivity contribution in [3.8, 4) is 0 Å². The first-order valence-electron chi connectivity index (χ1n) is 8.69. The van der Waals surface area contributed by atoms with E-state index in [1.165, 1.54) is 6.42 Å². The molecule has 1 N–H and O–H groups in total. The molecule has 0 aromatic rings. The molecule has 2 rings (SSSR count). The van der Waals surface area contributed by atoms with E-state index in [9.17, 15) is 0 Å². The Balaban J connectivity index is 1.62. The van der Waals surface area contributed by atoms with Gasteiger partial charge in [-0.3, -0.25) is 9.89 Å². The predicted molar refractivity (Wildman–Crippen MR) is 91.0 cm³/mol. The fraction of sp³-hybridized carbons (Fsp3) is 0.938. The third kappa shape index (κ3) is 6.25. The molecule has 2 aliphatic heterocycles. The zero-order valence-electron chi connectivity index (χ0n) is 14.6. The molecule has 0 spiro atoms. The Morgan fingerprint density at radius 1 is 1.22 bits per heavy atom. The first-order valence-corrected chi connectivity index (χ1v) is 8.69. The lowest BCUT2D eigenvalue weighted by atomic mass is 10.2. The first kappa shape index (κ1) is 18.4. The Morgan fingerprint density at radius 2 is 2.04 bits per heavy atom. The van der Waals surface area contributed by atoms with Gasteiger partial charge in [0.1, 0.15) is 0 Å². The molecule has 0 aliphatic carbocycles. The van der Waals surface area contributed by atoms with Crippen molar-refractivity contribution in [2.75, 3.05) is 79.9 Å². The lowest BCUT2D eigenvalue weighted by Crippen LogP contribution is -2.46. The van der Waals surface area contributed by atoms with E-state index in [-0.39, 0.29) is 0 Å². The summed E-state index contributed by atoms with van der Waals surface area (Å²) in [6.07, 6.45) is 2.18. The van der Waals surface area contributed by atoms with Gasteiger partial charge < -0.3 is 24.4 Å². The third-order valence-electron chi connectivity index (χ3n) is 4.42. The third-order valence-corrected chi connectivity index (χ3v) is 4.42. The number of morpholine rings is 1. The van der Waals surface area contributed by atoms with Crippen LogP contribution in [0.4, 0.5) is 0 Å². The summed E-state index contributed by atoms with van der Waals surface area (Å²) in [6, 6.07) is 0.634. The fourth-order valence-electron chi connectivity index (χ4n) is 3.13. The second kappa shape index (κ2) is 10.8. The SMILES string of the molecule is CN=C(NCCCOCCOC)N1CCC(N2CCOCC2)C1. The Kier molecular flexibility index (Phi) is 8.67. The maximum Gasteiger partial charge on any atom is 0.193 e. The average molecular weight is 328 g/mol. The van der Waals surface area contributed by atoms with E-state index in [1.807, 2.05) is 7.05 Å². The largest absolute Gasteiger partial charge is 0.382 e. The van der Waals surface area contributed by atoms with Crippen LogP contribution in [0.1, 0.15) is 12.8 Å². The van der Waals surface area contributed by atoms with E-state index in [2.05, 4.69) is 20.1 Å². The Hall–Kier alpha value is -0.890. The molecule has 0 saturated carbocycles. The van der Waals surface area contributed by atoms with Crippen LogP contribution < -0.4 is 5.32 Å². The molecule has 1 unspecified atom stereocenters. The minimum Gasteiger partial charge on any atom is -0.382 e. The van der Waals surface area contributed by atoms with Crippen LogP contribution in [-0.2, 0) is 14.2 Å². The van der Waals surface area contributed by atoms with Crippen molar-refractivity contribution < 1.29 is 14.2 Å². The molecule has 0 bridgehead atoms. The van der Waals surface area contributed by atoms with E-state index in [1.54, 1.807) is 7.11 Å². The Bertz CT molecular complexity index is 348. The van der Waals surface area contributed by atoms with E-state index in [0.29, 0.717) is 19.3 Å². The summed E-state index contributed by atoms with van der Waals surface area (Å²) < 4.78 is 15.9. The highest BCUT2D eigenvalue weighted by atomic mass is 16.5. The van der Waals surface area contributed by atoms with Crippen molar-refractivity contribution in [1.82, 2.24) is 15.1 Å². The van der Waals surface area contributed by atoms with Crippen molar-refractivity contribution in [3.63, 3.8) is 0 Å². The summed E-state index contributed by atoms with van der Waals surface area (Å²) in [7, 11) is 3.55. The maximum atomic E-state index is 5.47. The van der Waals surface area contributed by atoms with Gasteiger partial charge >= 0.3 is 0 Å². The van der Waals surface area contributed by atoms with Gasteiger partial charge in [-0.1, -0.05) is 0 Å². The van der Waals surface area contributed by atoms with E-state index >= 15 is 0 Å². The molecule has 0 aromatic carbocycles. The molecule has 23 heavy (non-hydrogen) atoms. The maximum absolute atomic E-state index is 5.47. The number of guanidine groups is 1. The lowest BCUT2D eigenvalue weighted by molar-refractivity contribution is 0.0195. The molecule has 7 heteroatoms. The van der Waals surface area contributed by atoms with Crippen LogP contribution in [0.5, 0.6) is 0 Å². The highest BCUT2D eigenvalue weighted by Crippen LogP contribution is 2.16. The van der Waals surface area contributed by atoms with Crippen molar-refractivity contribution >= 4 is 5.96 Å². The van der Waals surface area contributed by atoms with Gasteiger partial charge in [-0.25, -0.2) is 0 Å². The van der Waals surface area contributed by atoms with Gasteiger partial charge in [0.2, 0.25) is 0 Å². The minimum absolute atomic E-state index is 0.634. The van der Waals surface area contributed by atoms with Crippen LogP contribution in [-0.4, -0.2) is 102 Å². The summed E-state index contributed by atoms with van der Waals surface area (Å²) in [6.45, 7) is 8.95. The smallest absolute Gasteiger partial charge is 0.193 e. The van der Waals surface area contributed by atoms with Gasteiger partial charge in [0.25, 0.3) is 0 Å². The highest BCUT2D eigenvalue weighted by Gasteiger charge is 2.30. The van der Waals surface area contributed by atoms with Gasteiger partial charge in [0.05, 0.1) is 26.4 Å². The molecule has 2 heterocycles. The van der Waals surface area contributed by atoms with E-state index in [0.717, 1.165) is 64.9 Å². The second-order valence-electron chi connectivity index (χ2n) is 5.97. The molecule has 2 fully saturated rings. The van der Waals surface area contributed by atoms with E-state index in [4.69, 9.17) is 14.2 Å². The van der Waals surface area contributed by atoms with Gasteiger partial charge in [0.15, 0.2) is 5.96 Å². The van der Waals surface area contributed by atoms with Crippen molar-refractivity contribution in [3.05, 3.63) is 0 Å². The average Bonchev–Trinajstić information content (AvgIpc) is 3.08. The molecule has 2 aliphatic rings. The molecule has 1 atom stereocenters. The summed E-state index contributed by atoms with van der Waals surface area (Å²) in [5.41, 5.74) is 0. The van der Waals surface area contributed by atoms with Crippen LogP contribution in [0.15, 0.2) is 4.99 Å². The summed E-state index contributed by atoms with van der Waals surface area (Å²) in [4.78, 5) is 9.35. The van der Waals surface area contributed by atoms with Gasteiger partial charge in [-0.05, 0) is 12.8 Å². The van der Waals surface area contributed by atoms with Crippen molar-refractivity contribution in [1.29, 1.82) is 0 Å². The van der Waals surface area contributed by atoms with Gasteiger partial charge in [0, 0.05) is 59.5 Å². The number of rotatable bonds is 8. The number of nitrogens with zero attached hydrogens (tertiary/aromatic N) is 3. The molecule has 0 radical (unpaired) electrons. The summed E-state index contributed by atoms with van der Waals surface area (Å²) in [5.74, 6) is 1.01. The number of hydrogen-bond donors (Lipinski definition) is 1. The number of aliphatic imine (C=N–C) groups is 1. The molecular weight excluding hydrogens is 296 g/mol. The first-order chi connectivity index (χ1) is 11.3. The zero-order chi connectivity index (χ0) is 16.3. The monoisotopic (exact) mass is 328 g/mol. The second-order valence-corrected chi connectivity index (χ2v) is 5.97. The highest BCUT2D eigenvalue weighted by molar-refractivity contribution is 5.80. The normalized spacial score (nSPS) is 23.5. The number of ether oxygens (including phenoxy) is 3. The number of hydrogen-bond acceptors (Lipinski definition) is 5. The summed E-state index contributed by atoms with van der Waals surface area (Å²) >= 11 is 0. The molecule has 0 aromatic heterocycles. The van der Waals surface area contributed by atoms with Crippen LogP contribution in [0.2, 0.25) is 0 Å². The minimum atomic E-state index is 0.634. The number of methoxy groups -OCH3 is 1. The van der Waals surface area contributed by atoms with Crippen LogP contribution >= 0.6 is 0 Å². The van der Waals surface area contributed by atoms with Crippen molar-refractivity contribution in [2.45, 2.75) is 18.9 Å². The van der Waals surface area contributed by atoms with Gasteiger partial charge in [-0.15, -0.1) is 0 Å². The Labute approximate surface area is 140 Å². The zero-order valence-corrected chi connectivity index (χ0v) is 14.6. The standard InChI is InChI=1S/C16H32N4O3/c1-17-16(18-5-3-9-22-13-12-21-2)20-6-4-15(14-20)19-7-10-23-11-8-19/h15H,3-14H2,1-2H3,(H,17,18). The van der Waals surface area contributed by atoms with E-state index < -0.39 is 0 Å². The summed E-state index contributed by atoms with van der Waals surface area (Å²) in [5, 5.41) is 3.45. The molecule has 2 saturated heterocycles. The Morgan fingerprint density at radius 3 is 2.78 bits per heavy atom. The van der Waals surface area contributed by atoms with Crippen LogP contribution in [0, 0.1) is 0 Å². The molecular formula is C16H32N4O3. The molecule has 134 valence electrons. The quantitative estimate of drug-likeness (QED) is 0.385. The topological polar surface area (TPSA) is 58.6 Å². The van der Waals surface area contributed by atoms with Crippen molar-refractivity contribution in [2.24, 2.45) is 4.99 Å². The number of nitrogens with one attached hydrogen (secondary N) is 1. The van der Waals surface area contributed by atoms with Gasteiger partial charge in [-0.2, -0.15) is 0 Å². The number of likely N-dealkylation sites (tertiary alicyclic amines) is 1. The molecule has 0 amide bonds. The fourth-order valence-corrected chi connectivity index (χ4v) is 3.13.